The van der Waals surface area contributed by atoms with Crippen LogP contribution in [0.25, 0.3) is 0 Å². The lowest BCUT2D eigenvalue weighted by atomic mass is 9.87. The topological polar surface area (TPSA) is 21.3 Å². The Balaban J connectivity index is 1.82. The molecule has 0 heterocycles. The molecule has 1 atom stereocenters. The molecule has 0 aromatic heterocycles. The normalized spacial score (nSPS) is 17.3. The molecule has 2 aromatic carbocycles. The maximum Gasteiger partial charge on any atom is 0.129 e. The molecule has 0 amide bonds. The molecule has 3 rings (SSSR count). The van der Waals surface area contributed by atoms with Crippen LogP contribution < -0.4 is 10.1 Å². The van der Waals surface area contributed by atoms with E-state index in [9.17, 15) is 4.39 Å². The summed E-state index contributed by atoms with van der Waals surface area (Å²) >= 11 is 0. The predicted molar refractivity (Wildman–Crippen MR) is 81.9 cm³/mol. The monoisotopic (exact) mass is 285 g/mol. The third kappa shape index (κ3) is 2.93. The van der Waals surface area contributed by atoms with E-state index in [1.54, 1.807) is 12.1 Å². The molecule has 110 valence electrons. The summed E-state index contributed by atoms with van der Waals surface area (Å²) in [4.78, 5) is 0. The Kier molecular flexibility index (Phi) is 4.20. The Labute approximate surface area is 125 Å². The number of benzene rings is 2. The van der Waals surface area contributed by atoms with E-state index in [2.05, 4.69) is 11.4 Å². The van der Waals surface area contributed by atoms with Crippen LogP contribution in [-0.4, -0.2) is 7.05 Å². The SMILES string of the molecule is CNC1CCCc2c(OCc3ccccc3F)cccc21. The van der Waals surface area contributed by atoms with E-state index in [4.69, 9.17) is 4.74 Å². The van der Waals surface area contributed by atoms with Gasteiger partial charge in [-0.1, -0.05) is 30.3 Å². The molecule has 3 heteroatoms. The van der Waals surface area contributed by atoms with Crippen LogP contribution in [0, 0.1) is 5.82 Å². The van der Waals surface area contributed by atoms with Crippen molar-refractivity contribution in [2.24, 2.45) is 0 Å². The predicted octanol–water partition coefficient (Wildman–Crippen LogP) is 4.00. The van der Waals surface area contributed by atoms with E-state index in [1.165, 1.54) is 17.2 Å². The van der Waals surface area contributed by atoms with Gasteiger partial charge in [-0.05, 0) is 49.6 Å². The average molecular weight is 285 g/mol. The van der Waals surface area contributed by atoms with Crippen molar-refractivity contribution in [3.8, 4) is 5.75 Å². The lowest BCUT2D eigenvalue weighted by Gasteiger charge is -2.26. The van der Waals surface area contributed by atoms with Crippen LogP contribution in [0.5, 0.6) is 5.75 Å². The van der Waals surface area contributed by atoms with E-state index in [-0.39, 0.29) is 12.4 Å². The van der Waals surface area contributed by atoms with Gasteiger partial charge in [0.05, 0.1) is 0 Å². The molecular formula is C18H20FNO. The molecule has 1 unspecified atom stereocenters. The average Bonchev–Trinajstić information content (AvgIpc) is 2.53. The van der Waals surface area contributed by atoms with Crippen molar-refractivity contribution < 1.29 is 9.13 Å². The van der Waals surface area contributed by atoms with Crippen molar-refractivity contribution >= 4 is 0 Å². The number of fused-ring (bicyclic) bond motifs is 1. The van der Waals surface area contributed by atoms with Crippen LogP contribution in [-0.2, 0) is 13.0 Å². The second-order valence-corrected chi connectivity index (χ2v) is 5.44. The summed E-state index contributed by atoms with van der Waals surface area (Å²) < 4.78 is 19.6. The fourth-order valence-corrected chi connectivity index (χ4v) is 3.02. The van der Waals surface area contributed by atoms with Crippen molar-refractivity contribution in [1.82, 2.24) is 5.32 Å². The number of ether oxygens (including phenoxy) is 1. The highest BCUT2D eigenvalue weighted by Crippen LogP contribution is 2.35. The zero-order chi connectivity index (χ0) is 14.7. The molecule has 1 aliphatic rings. The molecular weight excluding hydrogens is 265 g/mol. The molecule has 0 fully saturated rings. The van der Waals surface area contributed by atoms with Crippen LogP contribution in [0.15, 0.2) is 42.5 Å². The fraction of sp³-hybridized carbons (Fsp3) is 0.333. The number of hydrogen-bond donors (Lipinski definition) is 1. The Morgan fingerprint density at radius 1 is 1.19 bits per heavy atom. The number of hydrogen-bond acceptors (Lipinski definition) is 2. The van der Waals surface area contributed by atoms with Gasteiger partial charge in [-0.15, -0.1) is 0 Å². The van der Waals surface area contributed by atoms with Crippen molar-refractivity contribution in [3.05, 3.63) is 65.0 Å². The van der Waals surface area contributed by atoms with Gasteiger partial charge in [0, 0.05) is 11.6 Å². The first-order valence-corrected chi connectivity index (χ1v) is 7.45. The summed E-state index contributed by atoms with van der Waals surface area (Å²) in [7, 11) is 1.99. The van der Waals surface area contributed by atoms with Crippen LogP contribution in [0.3, 0.4) is 0 Å². The maximum atomic E-state index is 13.7. The molecule has 0 radical (unpaired) electrons. The molecule has 0 saturated heterocycles. The van der Waals surface area contributed by atoms with E-state index in [0.717, 1.165) is 25.0 Å². The largest absolute Gasteiger partial charge is 0.489 e. The second kappa shape index (κ2) is 6.27. The van der Waals surface area contributed by atoms with Crippen molar-refractivity contribution in [1.29, 1.82) is 0 Å². The minimum Gasteiger partial charge on any atom is -0.489 e. The highest BCUT2D eigenvalue weighted by atomic mass is 19.1. The van der Waals surface area contributed by atoms with Crippen LogP contribution >= 0.6 is 0 Å². The fourth-order valence-electron chi connectivity index (χ4n) is 3.02. The van der Waals surface area contributed by atoms with Gasteiger partial charge >= 0.3 is 0 Å². The van der Waals surface area contributed by atoms with Crippen LogP contribution in [0.2, 0.25) is 0 Å². The van der Waals surface area contributed by atoms with Crippen molar-refractivity contribution in [2.45, 2.75) is 31.9 Å². The quantitative estimate of drug-likeness (QED) is 0.916. The van der Waals surface area contributed by atoms with Gasteiger partial charge in [-0.3, -0.25) is 0 Å². The molecule has 0 saturated carbocycles. The second-order valence-electron chi connectivity index (χ2n) is 5.44. The summed E-state index contributed by atoms with van der Waals surface area (Å²) in [5.41, 5.74) is 3.17. The first kappa shape index (κ1) is 14.1. The molecule has 1 N–H and O–H groups in total. The highest BCUT2D eigenvalue weighted by Gasteiger charge is 2.21. The Morgan fingerprint density at radius 2 is 2.05 bits per heavy atom. The summed E-state index contributed by atoms with van der Waals surface area (Å²) in [5, 5.41) is 3.35. The smallest absolute Gasteiger partial charge is 0.129 e. The maximum absolute atomic E-state index is 13.7. The van der Waals surface area contributed by atoms with Crippen molar-refractivity contribution in [2.75, 3.05) is 7.05 Å². The third-order valence-electron chi connectivity index (χ3n) is 4.15. The summed E-state index contributed by atoms with van der Waals surface area (Å²) in [6.07, 6.45) is 3.33. The molecule has 2 aromatic rings. The van der Waals surface area contributed by atoms with Gasteiger partial charge in [-0.2, -0.15) is 0 Å². The summed E-state index contributed by atoms with van der Waals surface area (Å²) in [5.74, 6) is 0.672. The van der Waals surface area contributed by atoms with Crippen molar-refractivity contribution in [3.63, 3.8) is 0 Å². The van der Waals surface area contributed by atoms with E-state index in [0.29, 0.717) is 11.6 Å². The lowest BCUT2D eigenvalue weighted by molar-refractivity contribution is 0.294. The van der Waals surface area contributed by atoms with Gasteiger partial charge in [0.2, 0.25) is 0 Å². The molecule has 2 nitrogen and oxygen atoms in total. The van der Waals surface area contributed by atoms with Crippen LogP contribution in [0.4, 0.5) is 4.39 Å². The minimum atomic E-state index is -0.213. The standard InChI is InChI=1S/C18H20FNO/c1-20-17-10-4-8-15-14(17)7-5-11-18(15)21-12-13-6-2-3-9-16(13)19/h2-3,5-7,9,11,17,20H,4,8,10,12H2,1H3. The Bertz CT molecular complexity index is 626. The number of nitrogens with one attached hydrogen (secondary N) is 1. The summed E-state index contributed by atoms with van der Waals surface area (Å²) in [6, 6.07) is 13.3. The third-order valence-corrected chi connectivity index (χ3v) is 4.15. The van der Waals surface area contributed by atoms with E-state index < -0.39 is 0 Å². The molecule has 21 heavy (non-hydrogen) atoms. The van der Waals surface area contributed by atoms with E-state index >= 15 is 0 Å². The Hall–Kier alpha value is -1.87. The molecule has 0 bridgehead atoms. The molecule has 0 aliphatic heterocycles. The van der Waals surface area contributed by atoms with Gasteiger partial charge in [-0.25, -0.2) is 4.39 Å². The van der Waals surface area contributed by atoms with Crippen LogP contribution in [0.1, 0.15) is 35.6 Å². The minimum absolute atomic E-state index is 0.213. The molecule has 0 spiro atoms. The van der Waals surface area contributed by atoms with Gasteiger partial charge in [0.1, 0.15) is 18.2 Å². The molecule has 1 aliphatic carbocycles. The number of halogens is 1. The van der Waals surface area contributed by atoms with Gasteiger partial charge in [0.25, 0.3) is 0 Å². The van der Waals surface area contributed by atoms with Gasteiger partial charge in [0.15, 0.2) is 0 Å². The Morgan fingerprint density at radius 3 is 2.86 bits per heavy atom. The van der Waals surface area contributed by atoms with E-state index in [1.807, 2.05) is 25.2 Å². The summed E-state index contributed by atoms with van der Waals surface area (Å²) in [6.45, 7) is 0.271. The zero-order valence-corrected chi connectivity index (χ0v) is 12.2. The first-order valence-electron chi connectivity index (χ1n) is 7.45. The lowest BCUT2D eigenvalue weighted by Crippen LogP contribution is -2.22. The zero-order valence-electron chi connectivity index (χ0n) is 12.2. The number of rotatable bonds is 4. The highest BCUT2D eigenvalue weighted by molar-refractivity contribution is 5.43. The first-order chi connectivity index (χ1) is 10.3. The van der Waals surface area contributed by atoms with Gasteiger partial charge < -0.3 is 10.1 Å².